The van der Waals surface area contributed by atoms with Gasteiger partial charge < -0.3 is 0 Å². The van der Waals surface area contributed by atoms with Crippen LogP contribution in [0.4, 0.5) is 0 Å². The van der Waals surface area contributed by atoms with Crippen LogP contribution in [0.2, 0.25) is 0 Å². The van der Waals surface area contributed by atoms with E-state index in [0.29, 0.717) is 0 Å². The van der Waals surface area contributed by atoms with Crippen LogP contribution in [0.5, 0.6) is 0 Å². The van der Waals surface area contributed by atoms with Gasteiger partial charge in [0.25, 0.3) is 0 Å². The van der Waals surface area contributed by atoms with E-state index >= 15 is 0 Å². The molecule has 1 aliphatic rings. The number of hydrogen-bond donors (Lipinski definition) is 0. The lowest BCUT2D eigenvalue weighted by Gasteiger charge is -2.09. The van der Waals surface area contributed by atoms with Gasteiger partial charge in [-0.1, -0.05) is 6.08 Å². The van der Waals surface area contributed by atoms with Crippen molar-refractivity contribution in [3.05, 3.63) is 12.7 Å². The molecule has 8 heavy (non-hydrogen) atoms. The molecule has 1 heteroatoms. The lowest BCUT2D eigenvalue weighted by Crippen LogP contribution is -2.18. The summed E-state index contributed by atoms with van der Waals surface area (Å²) in [4.78, 5) is 2.42. The van der Waals surface area contributed by atoms with E-state index in [-0.39, 0.29) is 0 Å². The van der Waals surface area contributed by atoms with E-state index in [9.17, 15) is 0 Å². The fourth-order valence-electron chi connectivity index (χ4n) is 1.15. The Morgan fingerprint density at radius 3 is 2.50 bits per heavy atom. The predicted molar refractivity (Wildman–Crippen MR) is 35.9 cm³/mol. The topological polar surface area (TPSA) is 3.24 Å². The first-order valence-electron chi connectivity index (χ1n) is 3.27. The van der Waals surface area contributed by atoms with E-state index in [1.165, 1.54) is 25.9 Å². The largest absolute Gasteiger partial charge is 0.300 e. The molecule has 0 aromatic carbocycles. The fourth-order valence-corrected chi connectivity index (χ4v) is 1.15. The third-order valence-corrected chi connectivity index (χ3v) is 1.59. The molecule has 1 heterocycles. The molecule has 0 unspecified atom stereocenters. The minimum absolute atomic E-state index is 1.08. The second-order valence-electron chi connectivity index (χ2n) is 2.30. The van der Waals surface area contributed by atoms with Crippen molar-refractivity contribution in [2.45, 2.75) is 12.8 Å². The Labute approximate surface area is 51.0 Å². The van der Waals surface area contributed by atoms with Gasteiger partial charge in [-0.05, 0) is 25.9 Å². The Bertz CT molecular complexity index is 72.5. The molecule has 0 bridgehead atoms. The highest BCUT2D eigenvalue weighted by Gasteiger charge is 2.07. The smallest absolute Gasteiger partial charge is 0.0160 e. The summed E-state index contributed by atoms with van der Waals surface area (Å²) in [7, 11) is 0. The summed E-state index contributed by atoms with van der Waals surface area (Å²) in [5, 5.41) is 0. The first-order chi connectivity index (χ1) is 3.93. The summed E-state index contributed by atoms with van der Waals surface area (Å²) in [5.74, 6) is 0. The Morgan fingerprint density at radius 2 is 2.00 bits per heavy atom. The van der Waals surface area contributed by atoms with Crippen LogP contribution < -0.4 is 0 Å². The van der Waals surface area contributed by atoms with Crippen LogP contribution in [0.1, 0.15) is 12.8 Å². The molecule has 1 saturated heterocycles. The maximum Gasteiger partial charge on any atom is 0.0160 e. The molecule has 46 valence electrons. The van der Waals surface area contributed by atoms with Gasteiger partial charge in [-0.3, -0.25) is 4.90 Å². The second kappa shape index (κ2) is 2.88. The predicted octanol–water partition coefficient (Wildman–Crippen LogP) is 1.27. The molecule has 1 nitrogen and oxygen atoms in total. The minimum atomic E-state index is 1.08. The molecule has 0 amide bonds. The van der Waals surface area contributed by atoms with E-state index < -0.39 is 0 Å². The highest BCUT2D eigenvalue weighted by molar-refractivity contribution is 4.76. The van der Waals surface area contributed by atoms with Crippen LogP contribution in [0.25, 0.3) is 0 Å². The number of nitrogens with zero attached hydrogens (tertiary/aromatic N) is 1. The SMILES string of the molecule is C=CCN1CCC[13CH2]1. The Balaban J connectivity index is 2.14. The first kappa shape index (κ1) is 5.83. The molecular weight excluding hydrogens is 99.1 g/mol. The lowest BCUT2D eigenvalue weighted by molar-refractivity contribution is 0.377. The van der Waals surface area contributed by atoms with Crippen molar-refractivity contribution in [1.29, 1.82) is 0 Å². The van der Waals surface area contributed by atoms with Crippen molar-refractivity contribution in [2.24, 2.45) is 0 Å². The van der Waals surface area contributed by atoms with Gasteiger partial charge in [0.15, 0.2) is 0 Å². The minimum Gasteiger partial charge on any atom is -0.300 e. The summed E-state index contributed by atoms with van der Waals surface area (Å²) in [6, 6.07) is 0. The summed E-state index contributed by atoms with van der Waals surface area (Å²) < 4.78 is 0. The highest BCUT2D eigenvalue weighted by atomic mass is 15.3. The molecule has 0 atom stereocenters. The van der Waals surface area contributed by atoms with Crippen molar-refractivity contribution < 1.29 is 0 Å². The molecule has 1 fully saturated rings. The summed E-state index contributed by atoms with van der Waals surface area (Å²) >= 11 is 0. The third kappa shape index (κ3) is 1.34. The van der Waals surface area contributed by atoms with Gasteiger partial charge in [-0.2, -0.15) is 0 Å². The summed E-state index contributed by atoms with van der Waals surface area (Å²) in [6.07, 6.45) is 4.74. The molecule has 0 aromatic heterocycles. The molecule has 0 N–H and O–H groups in total. The molecule has 1 rings (SSSR count). The third-order valence-electron chi connectivity index (χ3n) is 1.59. The molecule has 1 aliphatic heterocycles. The van der Waals surface area contributed by atoms with Crippen LogP contribution in [0, 0.1) is 0 Å². The first-order valence-corrected chi connectivity index (χ1v) is 3.27. The van der Waals surface area contributed by atoms with E-state index in [0.717, 1.165) is 6.54 Å². The van der Waals surface area contributed by atoms with Crippen molar-refractivity contribution in [1.82, 2.24) is 4.90 Å². The van der Waals surface area contributed by atoms with E-state index in [4.69, 9.17) is 0 Å². The van der Waals surface area contributed by atoms with Gasteiger partial charge in [0.05, 0.1) is 0 Å². The van der Waals surface area contributed by atoms with Crippen LogP contribution in [-0.2, 0) is 0 Å². The van der Waals surface area contributed by atoms with Crippen LogP contribution in [0.3, 0.4) is 0 Å². The average molecular weight is 112 g/mol. The zero-order chi connectivity index (χ0) is 5.82. The standard InChI is InChI=1S/C7H13N/c1-2-5-8-6-3-4-7-8/h2H,1,3-7H2/i6+1. The van der Waals surface area contributed by atoms with E-state index in [2.05, 4.69) is 11.5 Å². The maximum atomic E-state index is 3.68. The Hall–Kier alpha value is -0.300. The Morgan fingerprint density at radius 1 is 1.38 bits per heavy atom. The van der Waals surface area contributed by atoms with Gasteiger partial charge in [0.1, 0.15) is 0 Å². The fraction of sp³-hybridized carbons (Fsp3) is 0.714. The van der Waals surface area contributed by atoms with Crippen LogP contribution >= 0.6 is 0 Å². The second-order valence-corrected chi connectivity index (χ2v) is 2.30. The van der Waals surface area contributed by atoms with Crippen molar-refractivity contribution in [3.63, 3.8) is 0 Å². The maximum absolute atomic E-state index is 3.68. The highest BCUT2D eigenvalue weighted by Crippen LogP contribution is 2.05. The zero-order valence-electron chi connectivity index (χ0n) is 5.27. The summed E-state index contributed by atoms with van der Waals surface area (Å²) in [6.45, 7) is 7.33. The molecule has 0 spiro atoms. The molecular formula is C7H13N. The van der Waals surface area contributed by atoms with Crippen LogP contribution in [0.15, 0.2) is 12.7 Å². The van der Waals surface area contributed by atoms with Gasteiger partial charge in [0.2, 0.25) is 0 Å². The molecule has 0 radical (unpaired) electrons. The van der Waals surface area contributed by atoms with Gasteiger partial charge in [0, 0.05) is 6.54 Å². The zero-order valence-corrected chi connectivity index (χ0v) is 5.27. The van der Waals surface area contributed by atoms with E-state index in [1.54, 1.807) is 0 Å². The van der Waals surface area contributed by atoms with E-state index in [1.807, 2.05) is 6.08 Å². The Kier molecular flexibility index (Phi) is 2.10. The van der Waals surface area contributed by atoms with Crippen molar-refractivity contribution >= 4 is 0 Å². The molecule has 0 aromatic rings. The number of rotatable bonds is 2. The monoisotopic (exact) mass is 112 g/mol. The number of hydrogen-bond acceptors (Lipinski definition) is 1. The molecule has 0 aliphatic carbocycles. The quantitative estimate of drug-likeness (QED) is 0.384. The van der Waals surface area contributed by atoms with Gasteiger partial charge >= 0.3 is 0 Å². The average Bonchev–Trinajstić information content (AvgIpc) is 2.19. The summed E-state index contributed by atoms with van der Waals surface area (Å²) in [5.41, 5.74) is 0. The van der Waals surface area contributed by atoms with Crippen LogP contribution in [-0.4, -0.2) is 24.5 Å². The number of likely N-dealkylation sites (tertiary alicyclic amines) is 1. The normalized spacial score (nSPS) is 21.5. The van der Waals surface area contributed by atoms with Crippen molar-refractivity contribution in [3.8, 4) is 0 Å². The van der Waals surface area contributed by atoms with Gasteiger partial charge in [-0.25, -0.2) is 0 Å². The van der Waals surface area contributed by atoms with Crippen molar-refractivity contribution in [2.75, 3.05) is 19.6 Å². The van der Waals surface area contributed by atoms with Gasteiger partial charge in [-0.15, -0.1) is 6.58 Å². The molecule has 0 saturated carbocycles. The lowest BCUT2D eigenvalue weighted by atomic mass is 10.4.